The number of fused-ring (bicyclic) bond motifs is 2. The van der Waals surface area contributed by atoms with Crippen LogP contribution in [0.15, 0.2) is 36.4 Å². The molecule has 2 amide bonds. The molecule has 0 saturated heterocycles. The summed E-state index contributed by atoms with van der Waals surface area (Å²) in [4.78, 5) is 25.7. The zero-order valence-corrected chi connectivity index (χ0v) is 13.3. The number of cyclic esters (lactones) is 1. The molecule has 0 atom stereocenters. The van der Waals surface area contributed by atoms with Crippen LogP contribution in [-0.2, 0) is 17.9 Å². The molecular formula is C18H15FN2O4. The lowest BCUT2D eigenvalue weighted by molar-refractivity contribution is 0.0535. The minimum absolute atomic E-state index is 0.109. The van der Waals surface area contributed by atoms with Crippen molar-refractivity contribution in [2.24, 2.45) is 0 Å². The number of halogens is 1. The summed E-state index contributed by atoms with van der Waals surface area (Å²) in [6.45, 7) is 0.840. The van der Waals surface area contributed by atoms with Gasteiger partial charge in [-0.15, -0.1) is 0 Å². The highest BCUT2D eigenvalue weighted by atomic mass is 19.1. The number of benzene rings is 2. The molecule has 0 unspecified atom stereocenters. The Morgan fingerprint density at radius 3 is 2.84 bits per heavy atom. The van der Waals surface area contributed by atoms with E-state index in [4.69, 9.17) is 9.47 Å². The van der Waals surface area contributed by atoms with Crippen molar-refractivity contribution in [1.82, 2.24) is 4.90 Å². The van der Waals surface area contributed by atoms with E-state index in [9.17, 15) is 14.0 Å². The van der Waals surface area contributed by atoms with Gasteiger partial charge in [0.2, 0.25) is 0 Å². The van der Waals surface area contributed by atoms with E-state index in [-0.39, 0.29) is 25.8 Å². The Morgan fingerprint density at radius 1 is 1.12 bits per heavy atom. The van der Waals surface area contributed by atoms with Gasteiger partial charge in [-0.2, -0.15) is 0 Å². The summed E-state index contributed by atoms with van der Waals surface area (Å²) in [5, 5.41) is 2.79. The Bertz CT molecular complexity index is 868. The van der Waals surface area contributed by atoms with Crippen molar-refractivity contribution in [2.45, 2.75) is 13.2 Å². The van der Waals surface area contributed by atoms with Crippen molar-refractivity contribution in [3.63, 3.8) is 0 Å². The van der Waals surface area contributed by atoms with Gasteiger partial charge in [0.05, 0.1) is 18.7 Å². The van der Waals surface area contributed by atoms with Gasteiger partial charge in [-0.05, 0) is 24.3 Å². The largest absolute Gasteiger partial charge is 0.491 e. The maximum Gasteiger partial charge on any atom is 0.338 e. The molecule has 0 aromatic heterocycles. The number of amides is 2. The molecule has 2 aromatic carbocycles. The molecule has 0 fully saturated rings. The molecule has 2 heterocycles. The first-order valence-electron chi connectivity index (χ1n) is 7.88. The molecule has 128 valence electrons. The standard InChI is InChI=1S/C18H15FN2O4/c19-14-4-2-6-16-12(14)9-21(7-8-24-16)18(23)20-15-5-1-3-11-13(15)10-25-17(11)22/h1-6H,7-10H2,(H,20,23). The summed E-state index contributed by atoms with van der Waals surface area (Å²) >= 11 is 0. The van der Waals surface area contributed by atoms with Crippen molar-refractivity contribution in [3.05, 3.63) is 58.9 Å². The molecule has 25 heavy (non-hydrogen) atoms. The van der Waals surface area contributed by atoms with Gasteiger partial charge in [0.1, 0.15) is 24.8 Å². The van der Waals surface area contributed by atoms with Crippen LogP contribution >= 0.6 is 0 Å². The topological polar surface area (TPSA) is 67.9 Å². The van der Waals surface area contributed by atoms with E-state index in [1.807, 2.05) is 0 Å². The number of rotatable bonds is 1. The van der Waals surface area contributed by atoms with Crippen LogP contribution in [-0.4, -0.2) is 30.1 Å². The lowest BCUT2D eigenvalue weighted by Crippen LogP contribution is -2.36. The molecular weight excluding hydrogens is 327 g/mol. The third kappa shape index (κ3) is 2.77. The number of carbonyl (C=O) groups excluding carboxylic acids is 2. The third-order valence-corrected chi connectivity index (χ3v) is 4.32. The normalized spacial score (nSPS) is 15.6. The third-order valence-electron chi connectivity index (χ3n) is 4.32. The average Bonchev–Trinajstić information content (AvgIpc) is 2.85. The van der Waals surface area contributed by atoms with Crippen molar-refractivity contribution in [1.29, 1.82) is 0 Å². The first-order chi connectivity index (χ1) is 12.1. The Labute approximate surface area is 143 Å². The predicted octanol–water partition coefficient (Wildman–Crippen LogP) is 2.92. The number of hydrogen-bond acceptors (Lipinski definition) is 4. The summed E-state index contributed by atoms with van der Waals surface area (Å²) in [6.07, 6.45) is 0. The van der Waals surface area contributed by atoms with Gasteiger partial charge in [0.25, 0.3) is 0 Å². The minimum Gasteiger partial charge on any atom is -0.491 e. The first kappa shape index (κ1) is 15.4. The van der Waals surface area contributed by atoms with Gasteiger partial charge in [0.15, 0.2) is 0 Å². The van der Waals surface area contributed by atoms with E-state index in [0.717, 1.165) is 0 Å². The number of carbonyl (C=O) groups is 2. The van der Waals surface area contributed by atoms with E-state index in [1.165, 1.54) is 11.0 Å². The van der Waals surface area contributed by atoms with Crippen LogP contribution in [0.2, 0.25) is 0 Å². The zero-order valence-electron chi connectivity index (χ0n) is 13.3. The van der Waals surface area contributed by atoms with Gasteiger partial charge in [-0.25, -0.2) is 14.0 Å². The number of anilines is 1. The van der Waals surface area contributed by atoms with Gasteiger partial charge in [-0.3, -0.25) is 0 Å². The maximum atomic E-state index is 14.0. The van der Waals surface area contributed by atoms with E-state index in [0.29, 0.717) is 34.7 Å². The number of nitrogens with one attached hydrogen (secondary N) is 1. The van der Waals surface area contributed by atoms with Crippen molar-refractivity contribution >= 4 is 17.7 Å². The molecule has 1 N–H and O–H groups in total. The van der Waals surface area contributed by atoms with E-state index in [2.05, 4.69) is 5.32 Å². The van der Waals surface area contributed by atoms with E-state index >= 15 is 0 Å². The second-order valence-corrected chi connectivity index (χ2v) is 5.82. The van der Waals surface area contributed by atoms with Crippen LogP contribution in [0.1, 0.15) is 21.5 Å². The molecule has 2 aliphatic heterocycles. The SMILES string of the molecule is O=C1OCc2c(NC(=O)N3CCOc4cccc(F)c4C3)cccc21. The van der Waals surface area contributed by atoms with E-state index < -0.39 is 11.8 Å². The van der Waals surface area contributed by atoms with Crippen LogP contribution < -0.4 is 10.1 Å². The van der Waals surface area contributed by atoms with Crippen molar-refractivity contribution < 1.29 is 23.5 Å². The number of nitrogens with zero attached hydrogens (tertiary/aromatic N) is 1. The van der Waals surface area contributed by atoms with E-state index in [1.54, 1.807) is 30.3 Å². The second-order valence-electron chi connectivity index (χ2n) is 5.82. The zero-order chi connectivity index (χ0) is 17.4. The summed E-state index contributed by atoms with van der Waals surface area (Å²) in [6, 6.07) is 9.28. The van der Waals surface area contributed by atoms with Crippen LogP contribution in [0.4, 0.5) is 14.9 Å². The summed E-state index contributed by atoms with van der Waals surface area (Å²) in [5.74, 6) is -0.350. The Hall–Kier alpha value is -3.09. The molecule has 2 aliphatic rings. The highest BCUT2D eigenvalue weighted by molar-refractivity contribution is 5.98. The van der Waals surface area contributed by atoms with Gasteiger partial charge in [0, 0.05) is 16.8 Å². The molecule has 2 aromatic rings. The monoisotopic (exact) mass is 342 g/mol. The molecule has 0 spiro atoms. The molecule has 7 heteroatoms. The molecule has 6 nitrogen and oxygen atoms in total. The number of ether oxygens (including phenoxy) is 2. The smallest absolute Gasteiger partial charge is 0.338 e. The molecule has 0 saturated carbocycles. The lowest BCUT2D eigenvalue weighted by Gasteiger charge is -2.21. The number of esters is 1. The summed E-state index contributed by atoms with van der Waals surface area (Å²) in [7, 11) is 0. The van der Waals surface area contributed by atoms with Gasteiger partial charge >= 0.3 is 12.0 Å². The molecule has 0 bridgehead atoms. The number of hydrogen-bond donors (Lipinski definition) is 1. The number of urea groups is 1. The fourth-order valence-corrected chi connectivity index (χ4v) is 3.00. The van der Waals surface area contributed by atoms with Crippen LogP contribution in [0.3, 0.4) is 0 Å². The summed E-state index contributed by atoms with van der Waals surface area (Å²) < 4.78 is 24.6. The fourth-order valence-electron chi connectivity index (χ4n) is 3.00. The fraction of sp³-hybridized carbons (Fsp3) is 0.222. The summed E-state index contributed by atoms with van der Waals surface area (Å²) in [5.41, 5.74) is 1.98. The van der Waals surface area contributed by atoms with Crippen LogP contribution in [0.25, 0.3) is 0 Å². The predicted molar refractivity (Wildman–Crippen MR) is 86.9 cm³/mol. The van der Waals surface area contributed by atoms with Crippen molar-refractivity contribution in [2.75, 3.05) is 18.5 Å². The highest BCUT2D eigenvalue weighted by Gasteiger charge is 2.26. The van der Waals surface area contributed by atoms with Crippen molar-refractivity contribution in [3.8, 4) is 5.75 Å². The second kappa shape index (κ2) is 6.08. The Balaban J connectivity index is 1.56. The quantitative estimate of drug-likeness (QED) is 0.809. The molecule has 4 rings (SSSR count). The Morgan fingerprint density at radius 2 is 1.96 bits per heavy atom. The first-order valence-corrected chi connectivity index (χ1v) is 7.88. The van der Waals surface area contributed by atoms with Gasteiger partial charge in [-0.1, -0.05) is 12.1 Å². The molecule has 0 radical (unpaired) electrons. The maximum absolute atomic E-state index is 14.0. The van der Waals surface area contributed by atoms with Crippen LogP contribution in [0.5, 0.6) is 5.75 Å². The lowest BCUT2D eigenvalue weighted by atomic mass is 10.1. The molecule has 0 aliphatic carbocycles. The van der Waals surface area contributed by atoms with Crippen LogP contribution in [0, 0.1) is 5.82 Å². The van der Waals surface area contributed by atoms with Gasteiger partial charge < -0.3 is 19.7 Å². The highest BCUT2D eigenvalue weighted by Crippen LogP contribution is 2.29. The minimum atomic E-state index is -0.406. The Kier molecular flexibility index (Phi) is 3.76. The average molecular weight is 342 g/mol.